The van der Waals surface area contributed by atoms with Crippen LogP contribution in [-0.2, 0) is 14.2 Å². The second-order valence-electron chi connectivity index (χ2n) is 12.8. The lowest BCUT2D eigenvalue weighted by Crippen LogP contribution is -2.43. The molecule has 1 saturated heterocycles. The summed E-state index contributed by atoms with van der Waals surface area (Å²) in [7, 11) is 0. The van der Waals surface area contributed by atoms with E-state index in [1.165, 1.54) is 135 Å². The third-order valence-corrected chi connectivity index (χ3v) is 9.34. The lowest BCUT2D eigenvalue weighted by molar-refractivity contribution is -0.0600. The van der Waals surface area contributed by atoms with Crippen molar-refractivity contribution < 1.29 is 24.4 Å². The molecule has 1 fully saturated rings. The standard InChI is InChI=1S/C36H68O5S2/c1-3-5-7-9-11-13-15-17-19-21-23-25-27-33(42)39-30-32(36-35(38)31(37)29-40-36)41-34(43)28-26-24-22-20-18-16-14-12-10-8-6-4-2/h31-32,35-38H,3-30H2,1-2H3/t31-,32+,35+,36+/m1/s1. The first-order chi connectivity index (χ1) is 21.0. The predicted octanol–water partition coefficient (Wildman–Crippen LogP) is 10.3. The van der Waals surface area contributed by atoms with Gasteiger partial charge in [0.15, 0.2) is 16.2 Å². The molecule has 43 heavy (non-hydrogen) atoms. The van der Waals surface area contributed by atoms with Crippen molar-refractivity contribution in [3.8, 4) is 0 Å². The quantitative estimate of drug-likeness (QED) is 0.0596. The summed E-state index contributed by atoms with van der Waals surface area (Å²) in [5.74, 6) is 0. The van der Waals surface area contributed by atoms with Crippen LogP contribution < -0.4 is 0 Å². The van der Waals surface area contributed by atoms with E-state index >= 15 is 0 Å². The molecular weight excluding hydrogens is 577 g/mol. The average molecular weight is 645 g/mol. The maximum Gasteiger partial charge on any atom is 0.162 e. The molecule has 0 aromatic heterocycles. The fraction of sp³-hybridized carbons (Fsp3) is 0.944. The highest BCUT2D eigenvalue weighted by molar-refractivity contribution is 7.80. The summed E-state index contributed by atoms with van der Waals surface area (Å²) >= 11 is 11.0. The molecule has 4 atom stereocenters. The van der Waals surface area contributed by atoms with E-state index in [0.29, 0.717) is 16.5 Å². The molecule has 2 N–H and O–H groups in total. The van der Waals surface area contributed by atoms with Crippen LogP contribution in [0.3, 0.4) is 0 Å². The number of unbranched alkanes of at least 4 members (excludes halogenated alkanes) is 22. The van der Waals surface area contributed by atoms with Gasteiger partial charge >= 0.3 is 0 Å². The van der Waals surface area contributed by atoms with Crippen molar-refractivity contribution in [1.29, 1.82) is 0 Å². The summed E-state index contributed by atoms with van der Waals surface area (Å²) in [6.45, 7) is 4.79. The Balaban J connectivity index is 2.17. The smallest absolute Gasteiger partial charge is 0.162 e. The topological polar surface area (TPSA) is 68.2 Å². The fourth-order valence-electron chi connectivity index (χ4n) is 5.84. The third kappa shape index (κ3) is 22.8. The maximum atomic E-state index is 10.4. The first kappa shape index (κ1) is 40.7. The number of ether oxygens (including phenoxy) is 3. The fourth-order valence-corrected chi connectivity index (χ4v) is 6.32. The van der Waals surface area contributed by atoms with Crippen LogP contribution in [0.25, 0.3) is 0 Å². The Morgan fingerprint density at radius 2 is 0.977 bits per heavy atom. The van der Waals surface area contributed by atoms with E-state index in [-0.39, 0.29) is 13.2 Å². The Bertz CT molecular complexity index is 662. The first-order valence-corrected chi connectivity index (χ1v) is 19.1. The van der Waals surface area contributed by atoms with Gasteiger partial charge in [-0.05, 0) is 37.3 Å². The molecule has 0 radical (unpaired) electrons. The van der Waals surface area contributed by atoms with E-state index in [4.69, 9.17) is 38.6 Å². The van der Waals surface area contributed by atoms with Gasteiger partial charge in [0, 0.05) is 12.8 Å². The molecular formula is C36H68O5S2. The minimum atomic E-state index is -1.02. The van der Waals surface area contributed by atoms with E-state index < -0.39 is 24.4 Å². The Labute approximate surface area is 276 Å². The number of hydrogen-bond acceptors (Lipinski definition) is 7. The normalized spacial score (nSPS) is 19.0. The monoisotopic (exact) mass is 644 g/mol. The van der Waals surface area contributed by atoms with E-state index in [1.54, 1.807) is 0 Å². The Morgan fingerprint density at radius 3 is 1.35 bits per heavy atom. The molecule has 1 heterocycles. The van der Waals surface area contributed by atoms with Crippen molar-refractivity contribution in [2.24, 2.45) is 0 Å². The number of rotatable bonds is 30. The van der Waals surface area contributed by atoms with Gasteiger partial charge in [-0.2, -0.15) is 0 Å². The zero-order valence-electron chi connectivity index (χ0n) is 28.0. The first-order valence-electron chi connectivity index (χ1n) is 18.3. The molecule has 0 aromatic rings. The second kappa shape index (κ2) is 29.1. The minimum absolute atomic E-state index is 0.0838. The molecule has 7 heteroatoms. The number of aliphatic hydroxyl groups is 2. The summed E-state index contributed by atoms with van der Waals surface area (Å²) in [5, 5.41) is 21.5. The Hall–Kier alpha value is -0.340. The van der Waals surface area contributed by atoms with Crippen LogP contribution in [0.2, 0.25) is 0 Å². The van der Waals surface area contributed by atoms with Crippen LogP contribution in [-0.4, -0.2) is 57.9 Å². The van der Waals surface area contributed by atoms with Crippen LogP contribution in [0.1, 0.15) is 181 Å². The van der Waals surface area contributed by atoms with Crippen LogP contribution in [0.15, 0.2) is 0 Å². The summed E-state index contributed by atoms with van der Waals surface area (Å²) in [4.78, 5) is 0. The van der Waals surface area contributed by atoms with Crippen LogP contribution in [0.5, 0.6) is 0 Å². The van der Waals surface area contributed by atoms with Crippen LogP contribution >= 0.6 is 24.4 Å². The lowest BCUT2D eigenvalue weighted by atomic mass is 10.0. The van der Waals surface area contributed by atoms with E-state index in [0.717, 1.165) is 25.7 Å². The number of hydrogen-bond donors (Lipinski definition) is 2. The molecule has 1 rings (SSSR count). The minimum Gasteiger partial charge on any atom is -0.483 e. The predicted molar refractivity (Wildman–Crippen MR) is 189 cm³/mol. The number of aliphatic hydroxyl groups excluding tert-OH is 2. The summed E-state index contributed by atoms with van der Waals surface area (Å²) in [6, 6.07) is 0. The summed E-state index contributed by atoms with van der Waals surface area (Å²) < 4.78 is 17.6. The van der Waals surface area contributed by atoms with Crippen molar-refractivity contribution in [3.05, 3.63) is 0 Å². The largest absolute Gasteiger partial charge is 0.483 e. The SMILES string of the molecule is CCCCCCCCCCCCCCC(=S)OC[C@H](OC(=S)CCCCCCCCCCCCCC)[C@@H]1OC[C@@H](O)[C@@H]1O. The van der Waals surface area contributed by atoms with Gasteiger partial charge < -0.3 is 24.4 Å². The van der Waals surface area contributed by atoms with Gasteiger partial charge in [-0.1, -0.05) is 155 Å². The lowest BCUT2D eigenvalue weighted by Gasteiger charge is -2.27. The highest BCUT2D eigenvalue weighted by Crippen LogP contribution is 2.22. The van der Waals surface area contributed by atoms with Crippen molar-refractivity contribution in [1.82, 2.24) is 0 Å². The average Bonchev–Trinajstić information content (AvgIpc) is 3.33. The highest BCUT2D eigenvalue weighted by Gasteiger charge is 2.41. The molecule has 0 spiro atoms. The van der Waals surface area contributed by atoms with Gasteiger partial charge in [0.05, 0.1) is 6.61 Å². The second-order valence-corrected chi connectivity index (χ2v) is 13.8. The zero-order valence-corrected chi connectivity index (χ0v) is 29.7. The zero-order chi connectivity index (χ0) is 31.4. The molecule has 1 aliphatic heterocycles. The van der Waals surface area contributed by atoms with Gasteiger partial charge in [-0.25, -0.2) is 0 Å². The summed E-state index contributed by atoms with van der Waals surface area (Å²) in [6.07, 6.45) is 29.5. The van der Waals surface area contributed by atoms with Crippen molar-refractivity contribution in [2.45, 2.75) is 205 Å². The van der Waals surface area contributed by atoms with Gasteiger partial charge in [0.1, 0.15) is 24.9 Å². The highest BCUT2D eigenvalue weighted by atomic mass is 32.1. The molecule has 0 saturated carbocycles. The van der Waals surface area contributed by atoms with E-state index in [1.807, 2.05) is 0 Å². The molecule has 254 valence electrons. The Kier molecular flexibility index (Phi) is 27.5. The van der Waals surface area contributed by atoms with E-state index in [9.17, 15) is 10.2 Å². The van der Waals surface area contributed by atoms with Crippen molar-refractivity contribution in [3.63, 3.8) is 0 Å². The molecule has 0 unspecified atom stereocenters. The van der Waals surface area contributed by atoms with E-state index in [2.05, 4.69) is 13.8 Å². The van der Waals surface area contributed by atoms with Crippen molar-refractivity contribution in [2.75, 3.05) is 13.2 Å². The molecule has 0 aromatic carbocycles. The van der Waals surface area contributed by atoms with Gasteiger partial charge in [0.2, 0.25) is 0 Å². The molecule has 0 amide bonds. The molecule has 0 aliphatic carbocycles. The maximum absolute atomic E-state index is 10.4. The Morgan fingerprint density at radius 1 is 0.605 bits per heavy atom. The summed E-state index contributed by atoms with van der Waals surface area (Å²) in [5.41, 5.74) is 0. The van der Waals surface area contributed by atoms with Crippen LogP contribution in [0, 0.1) is 0 Å². The third-order valence-electron chi connectivity index (χ3n) is 8.72. The van der Waals surface area contributed by atoms with Crippen LogP contribution in [0.4, 0.5) is 0 Å². The van der Waals surface area contributed by atoms with Gasteiger partial charge in [0.25, 0.3) is 0 Å². The van der Waals surface area contributed by atoms with Gasteiger partial charge in [-0.15, -0.1) is 0 Å². The van der Waals surface area contributed by atoms with Gasteiger partial charge in [-0.3, -0.25) is 0 Å². The van der Waals surface area contributed by atoms with Crippen molar-refractivity contribution >= 4 is 34.5 Å². The molecule has 1 aliphatic rings. The molecule has 0 bridgehead atoms. The molecule has 5 nitrogen and oxygen atoms in total. The number of thiocarbonyl (C=S) groups is 2.